The number of nitrogens with zero attached hydrogens (tertiary/aromatic N) is 3. The van der Waals surface area contributed by atoms with Crippen molar-refractivity contribution < 1.29 is 9.63 Å². The molecule has 1 amide bonds. The van der Waals surface area contributed by atoms with E-state index >= 15 is 0 Å². The maximum Gasteiger partial charge on any atom is 0.298 e. The molecule has 3 aromatic rings. The molecule has 1 aromatic heterocycles. The summed E-state index contributed by atoms with van der Waals surface area (Å²) in [6.45, 7) is 0.431. The number of aromatic nitrogens is 2. The summed E-state index contributed by atoms with van der Waals surface area (Å²) in [5.41, 5.74) is 2.05. The number of hydrogen-bond donors (Lipinski definition) is 0. The fourth-order valence-electron chi connectivity index (χ4n) is 2.45. The molecular weight excluding hydrogens is 349 g/mol. The minimum atomic E-state index is -0.311. The van der Waals surface area contributed by atoms with Crippen LogP contribution in [-0.4, -0.2) is 34.9 Å². The monoisotopic (exact) mass is 363 g/mol. The third-order valence-electron chi connectivity index (χ3n) is 3.76. The van der Waals surface area contributed by atoms with E-state index < -0.39 is 0 Å². The van der Waals surface area contributed by atoms with Crippen molar-refractivity contribution in [3.05, 3.63) is 63.8 Å². The number of halogens is 2. The summed E-state index contributed by atoms with van der Waals surface area (Å²) in [7, 11) is 2.98. The number of hydroxylamine groups is 2. The highest BCUT2D eigenvalue weighted by atomic mass is 35.5. The minimum Gasteiger partial charge on any atom is -0.274 e. The van der Waals surface area contributed by atoms with E-state index in [-0.39, 0.29) is 5.91 Å². The Morgan fingerprint density at radius 3 is 2.71 bits per heavy atom. The van der Waals surface area contributed by atoms with Crippen LogP contribution >= 0.6 is 23.2 Å². The van der Waals surface area contributed by atoms with Crippen molar-refractivity contribution in [3.8, 4) is 0 Å². The summed E-state index contributed by atoms with van der Waals surface area (Å²) >= 11 is 12.2. The molecule has 0 atom stereocenters. The van der Waals surface area contributed by atoms with Gasteiger partial charge in [-0.3, -0.25) is 14.3 Å². The van der Waals surface area contributed by atoms with Crippen LogP contribution < -0.4 is 0 Å². The number of benzene rings is 2. The molecule has 0 aliphatic heterocycles. The van der Waals surface area contributed by atoms with E-state index in [4.69, 9.17) is 28.0 Å². The Kier molecular flexibility index (Phi) is 4.76. The van der Waals surface area contributed by atoms with Gasteiger partial charge in [-0.1, -0.05) is 47.5 Å². The highest BCUT2D eigenvalue weighted by Crippen LogP contribution is 2.25. The maximum atomic E-state index is 12.4. The van der Waals surface area contributed by atoms with Crippen molar-refractivity contribution in [2.45, 2.75) is 6.54 Å². The van der Waals surface area contributed by atoms with Gasteiger partial charge in [-0.25, -0.2) is 5.06 Å². The van der Waals surface area contributed by atoms with Gasteiger partial charge in [0.15, 0.2) is 5.69 Å². The molecule has 0 fully saturated rings. The predicted molar refractivity (Wildman–Crippen MR) is 94.4 cm³/mol. The van der Waals surface area contributed by atoms with E-state index in [0.29, 0.717) is 22.3 Å². The maximum absolute atomic E-state index is 12.4. The van der Waals surface area contributed by atoms with Gasteiger partial charge in [-0.15, -0.1) is 0 Å². The molecule has 0 aliphatic rings. The minimum absolute atomic E-state index is 0.311. The lowest BCUT2D eigenvalue weighted by Gasteiger charge is -2.11. The van der Waals surface area contributed by atoms with E-state index in [0.717, 1.165) is 21.5 Å². The first kappa shape index (κ1) is 16.8. The van der Waals surface area contributed by atoms with Crippen molar-refractivity contribution in [1.29, 1.82) is 0 Å². The zero-order chi connectivity index (χ0) is 17.3. The van der Waals surface area contributed by atoms with Crippen LogP contribution in [-0.2, 0) is 11.4 Å². The molecule has 124 valence electrons. The summed E-state index contributed by atoms with van der Waals surface area (Å²) in [6.07, 6.45) is 0. The lowest BCUT2D eigenvalue weighted by atomic mass is 10.2. The zero-order valence-corrected chi connectivity index (χ0v) is 14.7. The SMILES string of the molecule is CON(C)C(=O)c1nn(Cc2ccc(Cl)cc2Cl)c2ccccc12. The van der Waals surface area contributed by atoms with Gasteiger partial charge in [0.05, 0.1) is 19.2 Å². The Bertz CT molecular complexity index is 908. The van der Waals surface area contributed by atoms with Gasteiger partial charge in [0.1, 0.15) is 0 Å². The number of hydrogen-bond acceptors (Lipinski definition) is 3. The molecule has 3 rings (SSSR count). The third-order valence-corrected chi connectivity index (χ3v) is 4.34. The molecule has 0 spiro atoms. The second-order valence-corrected chi connectivity index (χ2v) is 6.09. The smallest absolute Gasteiger partial charge is 0.274 e. The van der Waals surface area contributed by atoms with E-state index in [1.807, 2.05) is 30.3 Å². The summed E-state index contributed by atoms with van der Waals surface area (Å²) in [5.74, 6) is -0.311. The number of rotatable bonds is 4. The van der Waals surface area contributed by atoms with Crippen molar-refractivity contribution in [3.63, 3.8) is 0 Å². The van der Waals surface area contributed by atoms with E-state index in [9.17, 15) is 4.79 Å². The van der Waals surface area contributed by atoms with Crippen LogP contribution in [0.4, 0.5) is 0 Å². The van der Waals surface area contributed by atoms with E-state index in [1.54, 1.807) is 23.9 Å². The molecule has 0 N–H and O–H groups in total. The number of amides is 1. The lowest BCUT2D eigenvalue weighted by molar-refractivity contribution is -0.0759. The predicted octanol–water partition coefficient (Wildman–Crippen LogP) is 4.02. The van der Waals surface area contributed by atoms with Gasteiger partial charge < -0.3 is 0 Å². The Morgan fingerprint density at radius 2 is 2.00 bits per heavy atom. The van der Waals surface area contributed by atoms with Crippen LogP contribution in [0.1, 0.15) is 16.1 Å². The quantitative estimate of drug-likeness (QED) is 0.657. The second-order valence-electron chi connectivity index (χ2n) is 5.24. The second kappa shape index (κ2) is 6.81. The standard InChI is InChI=1S/C17H15Cl2N3O2/c1-21(24-2)17(23)16-13-5-3-4-6-15(13)22(20-16)10-11-7-8-12(18)9-14(11)19/h3-9H,10H2,1-2H3. The summed E-state index contributed by atoms with van der Waals surface area (Å²) in [4.78, 5) is 17.4. The number of carbonyl (C=O) groups excluding carboxylic acids is 1. The van der Waals surface area contributed by atoms with Crippen molar-refractivity contribution in [1.82, 2.24) is 14.8 Å². The fraction of sp³-hybridized carbons (Fsp3) is 0.176. The summed E-state index contributed by atoms with van der Waals surface area (Å²) in [5, 5.41) is 7.51. The molecule has 2 aromatic carbocycles. The number of fused-ring (bicyclic) bond motifs is 1. The zero-order valence-electron chi connectivity index (χ0n) is 13.2. The van der Waals surface area contributed by atoms with Crippen LogP contribution in [0.25, 0.3) is 10.9 Å². The van der Waals surface area contributed by atoms with Crippen LogP contribution in [0, 0.1) is 0 Å². The molecule has 7 heteroatoms. The molecule has 0 radical (unpaired) electrons. The van der Waals surface area contributed by atoms with Crippen LogP contribution in [0.5, 0.6) is 0 Å². The first-order chi connectivity index (χ1) is 11.5. The van der Waals surface area contributed by atoms with Crippen LogP contribution in [0.3, 0.4) is 0 Å². The van der Waals surface area contributed by atoms with Gasteiger partial charge in [0.25, 0.3) is 5.91 Å². The Labute approximate surface area is 149 Å². The lowest BCUT2D eigenvalue weighted by Crippen LogP contribution is -2.26. The van der Waals surface area contributed by atoms with Gasteiger partial charge in [0, 0.05) is 22.5 Å². The average molecular weight is 364 g/mol. The Hall–Kier alpha value is -2.08. The number of para-hydroxylation sites is 1. The van der Waals surface area contributed by atoms with Gasteiger partial charge >= 0.3 is 0 Å². The molecule has 0 aliphatic carbocycles. The molecule has 0 bridgehead atoms. The van der Waals surface area contributed by atoms with Gasteiger partial charge in [0.2, 0.25) is 0 Å². The molecule has 5 nitrogen and oxygen atoms in total. The molecule has 0 unspecified atom stereocenters. The Balaban J connectivity index is 2.07. The molecule has 0 saturated carbocycles. The molecule has 0 saturated heterocycles. The van der Waals surface area contributed by atoms with E-state index in [2.05, 4.69) is 5.10 Å². The summed E-state index contributed by atoms with van der Waals surface area (Å²) < 4.78 is 1.75. The average Bonchev–Trinajstić information content (AvgIpc) is 2.95. The Morgan fingerprint density at radius 1 is 1.25 bits per heavy atom. The molecular formula is C17H15Cl2N3O2. The van der Waals surface area contributed by atoms with Gasteiger partial charge in [-0.05, 0) is 23.8 Å². The third kappa shape index (κ3) is 3.11. The number of carbonyl (C=O) groups is 1. The largest absolute Gasteiger partial charge is 0.298 e. The molecule has 24 heavy (non-hydrogen) atoms. The fourth-order valence-corrected chi connectivity index (χ4v) is 2.92. The topological polar surface area (TPSA) is 47.4 Å². The highest BCUT2D eigenvalue weighted by molar-refractivity contribution is 6.35. The first-order valence-corrected chi connectivity index (χ1v) is 7.98. The van der Waals surface area contributed by atoms with Crippen molar-refractivity contribution in [2.75, 3.05) is 14.2 Å². The normalized spacial score (nSPS) is 11.0. The first-order valence-electron chi connectivity index (χ1n) is 7.23. The molecule has 1 heterocycles. The highest BCUT2D eigenvalue weighted by Gasteiger charge is 2.20. The van der Waals surface area contributed by atoms with Gasteiger partial charge in [-0.2, -0.15) is 5.10 Å². The summed E-state index contributed by atoms with van der Waals surface area (Å²) in [6, 6.07) is 12.9. The van der Waals surface area contributed by atoms with E-state index in [1.165, 1.54) is 7.11 Å². The van der Waals surface area contributed by atoms with Crippen LogP contribution in [0.2, 0.25) is 10.0 Å². The van der Waals surface area contributed by atoms with Crippen molar-refractivity contribution >= 4 is 40.0 Å². The van der Waals surface area contributed by atoms with Crippen molar-refractivity contribution in [2.24, 2.45) is 0 Å². The van der Waals surface area contributed by atoms with Crippen LogP contribution in [0.15, 0.2) is 42.5 Å².